The van der Waals surface area contributed by atoms with Crippen molar-refractivity contribution in [1.82, 2.24) is 0 Å². The fraction of sp³-hybridized carbons (Fsp3) is 0.0769. The van der Waals surface area contributed by atoms with E-state index >= 15 is 0 Å². The predicted molar refractivity (Wildman–Crippen MR) is 61.3 cm³/mol. The highest BCUT2D eigenvalue weighted by Crippen LogP contribution is 2.21. The van der Waals surface area contributed by atoms with E-state index in [0.29, 0.717) is 0 Å². The van der Waals surface area contributed by atoms with E-state index in [9.17, 15) is 0 Å². The Morgan fingerprint density at radius 3 is 2.57 bits per heavy atom. The van der Waals surface area contributed by atoms with Gasteiger partial charge in [0.1, 0.15) is 0 Å². The number of rotatable bonds is 3. The van der Waals surface area contributed by atoms with Crippen molar-refractivity contribution in [2.45, 2.75) is 10.6 Å². The first-order chi connectivity index (χ1) is 6.95. The lowest BCUT2D eigenvalue weighted by Gasteiger charge is -2.00. The van der Waals surface area contributed by atoms with Crippen molar-refractivity contribution >= 4 is 11.8 Å². The standard InChI is InChI=1S/C13H11S/c1-3-7-12(8-4-1)11-14-13-9-5-2-6-10-13/h1-5,7-10H,11H2. The van der Waals surface area contributed by atoms with Gasteiger partial charge in [0, 0.05) is 10.6 Å². The van der Waals surface area contributed by atoms with Crippen molar-refractivity contribution in [3.05, 3.63) is 66.2 Å². The zero-order valence-corrected chi connectivity index (χ0v) is 8.63. The van der Waals surface area contributed by atoms with Crippen LogP contribution >= 0.6 is 11.8 Å². The van der Waals surface area contributed by atoms with E-state index in [1.54, 1.807) is 0 Å². The van der Waals surface area contributed by atoms with Crippen LogP contribution in [-0.4, -0.2) is 0 Å². The first kappa shape index (κ1) is 9.35. The summed E-state index contributed by atoms with van der Waals surface area (Å²) in [6.45, 7) is 0. The molecule has 1 radical (unpaired) electrons. The van der Waals surface area contributed by atoms with Crippen molar-refractivity contribution in [3.8, 4) is 0 Å². The van der Waals surface area contributed by atoms with Crippen molar-refractivity contribution in [2.24, 2.45) is 0 Å². The molecule has 0 unspecified atom stereocenters. The number of hydrogen-bond donors (Lipinski definition) is 0. The van der Waals surface area contributed by atoms with Crippen LogP contribution in [0.5, 0.6) is 0 Å². The van der Waals surface area contributed by atoms with Crippen LogP contribution in [0.15, 0.2) is 59.5 Å². The third-order valence-corrected chi connectivity index (χ3v) is 2.99. The van der Waals surface area contributed by atoms with E-state index in [4.69, 9.17) is 0 Å². The molecule has 0 amide bonds. The van der Waals surface area contributed by atoms with Crippen LogP contribution in [0.3, 0.4) is 0 Å². The van der Waals surface area contributed by atoms with Gasteiger partial charge in [0.2, 0.25) is 0 Å². The van der Waals surface area contributed by atoms with Crippen molar-refractivity contribution in [1.29, 1.82) is 0 Å². The Labute approximate surface area is 89.0 Å². The summed E-state index contributed by atoms with van der Waals surface area (Å²) in [4.78, 5) is 1.27. The van der Waals surface area contributed by atoms with Crippen LogP contribution < -0.4 is 0 Å². The molecule has 0 nitrogen and oxygen atoms in total. The maximum Gasteiger partial charge on any atom is 0.0231 e. The molecule has 0 atom stereocenters. The Balaban J connectivity index is 1.96. The predicted octanol–water partition coefficient (Wildman–Crippen LogP) is 3.78. The zero-order valence-electron chi connectivity index (χ0n) is 7.81. The van der Waals surface area contributed by atoms with Gasteiger partial charge in [0.15, 0.2) is 0 Å². The fourth-order valence-electron chi connectivity index (χ4n) is 1.21. The van der Waals surface area contributed by atoms with Crippen molar-refractivity contribution < 1.29 is 0 Å². The highest BCUT2D eigenvalue weighted by atomic mass is 32.2. The Morgan fingerprint density at radius 2 is 1.86 bits per heavy atom. The summed E-state index contributed by atoms with van der Waals surface area (Å²) in [5.41, 5.74) is 1.36. The molecule has 0 aliphatic rings. The molecule has 0 saturated heterocycles. The first-order valence-corrected chi connectivity index (χ1v) is 5.56. The van der Waals surface area contributed by atoms with Gasteiger partial charge in [-0.3, -0.25) is 0 Å². The Hall–Kier alpha value is -1.21. The van der Waals surface area contributed by atoms with Crippen LogP contribution in [0, 0.1) is 6.07 Å². The van der Waals surface area contributed by atoms with Crippen LogP contribution in [0.25, 0.3) is 0 Å². The Kier molecular flexibility index (Phi) is 3.25. The zero-order chi connectivity index (χ0) is 9.64. The van der Waals surface area contributed by atoms with E-state index in [0.717, 1.165) is 5.75 Å². The third-order valence-electron chi connectivity index (χ3n) is 1.93. The summed E-state index contributed by atoms with van der Waals surface area (Å²) < 4.78 is 0. The SMILES string of the molecule is [c]1cccc(SCc2ccccc2)c1. The average molecular weight is 199 g/mol. The lowest BCUT2D eigenvalue weighted by atomic mass is 10.2. The fourth-order valence-corrected chi connectivity index (χ4v) is 2.06. The van der Waals surface area contributed by atoms with Gasteiger partial charge in [0.25, 0.3) is 0 Å². The minimum Gasteiger partial charge on any atom is -0.121 e. The van der Waals surface area contributed by atoms with Crippen LogP contribution in [0.4, 0.5) is 0 Å². The van der Waals surface area contributed by atoms with Gasteiger partial charge in [-0.15, -0.1) is 11.8 Å². The molecule has 0 saturated carbocycles. The molecule has 14 heavy (non-hydrogen) atoms. The smallest absolute Gasteiger partial charge is 0.0231 e. The molecule has 0 aliphatic heterocycles. The molecule has 2 aromatic carbocycles. The molecular weight excluding hydrogens is 188 g/mol. The summed E-state index contributed by atoms with van der Waals surface area (Å²) in [6.07, 6.45) is 0. The van der Waals surface area contributed by atoms with Crippen LogP contribution in [0.2, 0.25) is 0 Å². The highest BCUT2D eigenvalue weighted by Gasteiger charge is 1.93. The molecule has 0 N–H and O–H groups in total. The molecule has 2 aromatic rings. The monoisotopic (exact) mass is 199 g/mol. The molecule has 69 valence electrons. The van der Waals surface area contributed by atoms with E-state index in [2.05, 4.69) is 36.4 Å². The van der Waals surface area contributed by atoms with Gasteiger partial charge in [-0.05, 0) is 23.8 Å². The van der Waals surface area contributed by atoms with E-state index in [-0.39, 0.29) is 0 Å². The quantitative estimate of drug-likeness (QED) is 0.678. The highest BCUT2D eigenvalue weighted by molar-refractivity contribution is 7.98. The topological polar surface area (TPSA) is 0 Å². The van der Waals surface area contributed by atoms with Crippen LogP contribution in [0.1, 0.15) is 5.56 Å². The maximum absolute atomic E-state index is 3.08. The van der Waals surface area contributed by atoms with Crippen LogP contribution in [-0.2, 0) is 5.75 Å². The summed E-state index contributed by atoms with van der Waals surface area (Å²) in [5, 5.41) is 0. The summed E-state index contributed by atoms with van der Waals surface area (Å²) in [6, 6.07) is 21.7. The van der Waals surface area contributed by atoms with Gasteiger partial charge >= 0.3 is 0 Å². The van der Waals surface area contributed by atoms with E-state index in [1.807, 2.05) is 36.0 Å². The second-order valence-electron chi connectivity index (χ2n) is 3.01. The lowest BCUT2D eigenvalue weighted by Crippen LogP contribution is -1.78. The van der Waals surface area contributed by atoms with E-state index in [1.165, 1.54) is 10.5 Å². The molecule has 1 heteroatoms. The molecule has 0 heterocycles. The summed E-state index contributed by atoms with van der Waals surface area (Å²) in [5.74, 6) is 1.03. The maximum atomic E-state index is 3.08. The summed E-state index contributed by atoms with van der Waals surface area (Å²) >= 11 is 1.84. The molecule has 0 aliphatic carbocycles. The second kappa shape index (κ2) is 4.87. The average Bonchev–Trinajstić information content (AvgIpc) is 2.29. The van der Waals surface area contributed by atoms with Crippen molar-refractivity contribution in [3.63, 3.8) is 0 Å². The normalized spacial score (nSPS) is 10.0. The number of hydrogen-bond acceptors (Lipinski definition) is 1. The Morgan fingerprint density at radius 1 is 1.00 bits per heavy atom. The van der Waals surface area contributed by atoms with E-state index < -0.39 is 0 Å². The molecular formula is C13H11S. The van der Waals surface area contributed by atoms with Gasteiger partial charge in [-0.1, -0.05) is 42.5 Å². The largest absolute Gasteiger partial charge is 0.121 e. The van der Waals surface area contributed by atoms with Crippen molar-refractivity contribution in [2.75, 3.05) is 0 Å². The Bertz CT molecular complexity index is 327. The van der Waals surface area contributed by atoms with Gasteiger partial charge in [-0.25, -0.2) is 0 Å². The molecule has 0 bridgehead atoms. The molecule has 0 aromatic heterocycles. The third kappa shape index (κ3) is 2.64. The molecule has 0 fully saturated rings. The first-order valence-electron chi connectivity index (χ1n) is 4.58. The lowest BCUT2D eigenvalue weighted by molar-refractivity contribution is 1.38. The van der Waals surface area contributed by atoms with Gasteiger partial charge < -0.3 is 0 Å². The molecule has 2 rings (SSSR count). The van der Waals surface area contributed by atoms with Gasteiger partial charge in [-0.2, -0.15) is 0 Å². The number of benzene rings is 2. The molecule has 0 spiro atoms. The second-order valence-corrected chi connectivity index (χ2v) is 4.06. The van der Waals surface area contributed by atoms with Gasteiger partial charge in [0.05, 0.1) is 0 Å². The number of thioether (sulfide) groups is 1. The minimum absolute atomic E-state index is 1.03. The minimum atomic E-state index is 1.03. The summed E-state index contributed by atoms with van der Waals surface area (Å²) in [7, 11) is 0.